The molecule has 0 bridgehead atoms. The maximum absolute atomic E-state index is 10.4. The monoisotopic (exact) mass is 261 g/mol. The Morgan fingerprint density at radius 3 is 2.26 bits per heavy atom. The van der Waals surface area contributed by atoms with Gasteiger partial charge in [0, 0.05) is 35.1 Å². The number of hydrogen-bond donors (Lipinski definition) is 2. The maximum atomic E-state index is 10.4. The van der Waals surface area contributed by atoms with Gasteiger partial charge in [-0.25, -0.2) is 0 Å². The smallest absolute Gasteiger partial charge is 0.165 e. The highest BCUT2D eigenvalue weighted by atomic mass is 16.5. The summed E-state index contributed by atoms with van der Waals surface area (Å²) in [6.45, 7) is 4.04. The van der Waals surface area contributed by atoms with E-state index in [0.717, 1.165) is 48.1 Å². The molecule has 1 saturated carbocycles. The Morgan fingerprint density at radius 1 is 1.05 bits per heavy atom. The van der Waals surface area contributed by atoms with Crippen molar-refractivity contribution in [2.24, 2.45) is 5.73 Å². The predicted molar refractivity (Wildman–Crippen MR) is 70.8 cm³/mol. The Kier molecular flexibility index (Phi) is 2.02. The second-order valence-electron chi connectivity index (χ2n) is 6.26. The van der Waals surface area contributed by atoms with E-state index in [4.69, 9.17) is 15.2 Å². The molecule has 19 heavy (non-hydrogen) atoms. The van der Waals surface area contributed by atoms with E-state index in [1.807, 2.05) is 13.8 Å². The third-order valence-electron chi connectivity index (χ3n) is 4.49. The van der Waals surface area contributed by atoms with E-state index in [0.29, 0.717) is 5.75 Å². The number of nitrogens with two attached hydrogens (primary N) is 1. The van der Waals surface area contributed by atoms with Crippen LogP contribution in [0.4, 0.5) is 0 Å². The molecule has 2 atom stereocenters. The Labute approximate surface area is 112 Å². The molecular formula is C15H19NO3. The van der Waals surface area contributed by atoms with Gasteiger partial charge in [-0.1, -0.05) is 0 Å². The second kappa shape index (κ2) is 3.37. The van der Waals surface area contributed by atoms with Crippen molar-refractivity contribution in [2.75, 3.05) is 0 Å². The van der Waals surface area contributed by atoms with Crippen molar-refractivity contribution in [3.05, 3.63) is 16.7 Å². The molecule has 0 radical (unpaired) electrons. The highest BCUT2D eigenvalue weighted by Crippen LogP contribution is 2.57. The van der Waals surface area contributed by atoms with Gasteiger partial charge in [-0.2, -0.15) is 0 Å². The Bertz CT molecular complexity index is 538. The zero-order valence-corrected chi connectivity index (χ0v) is 11.3. The third kappa shape index (κ3) is 1.43. The summed E-state index contributed by atoms with van der Waals surface area (Å²) in [5, 5.41) is 10.4. The molecule has 2 unspecified atom stereocenters. The molecule has 3 aliphatic rings. The number of hydrogen-bond acceptors (Lipinski definition) is 4. The predicted octanol–water partition coefficient (Wildman–Crippen LogP) is 1.99. The van der Waals surface area contributed by atoms with Crippen molar-refractivity contribution in [2.45, 2.75) is 57.3 Å². The SMILES string of the molecule is CC1Cc2c(c(O)c3c(c2C2(N)CC2)OC(C)C3)O1. The third-order valence-corrected chi connectivity index (χ3v) is 4.49. The lowest BCUT2D eigenvalue weighted by atomic mass is 9.91. The number of ether oxygens (including phenoxy) is 2. The summed E-state index contributed by atoms with van der Waals surface area (Å²) in [6, 6.07) is 0. The first-order valence-corrected chi connectivity index (χ1v) is 7.03. The molecule has 1 aromatic rings. The molecule has 0 aromatic heterocycles. The van der Waals surface area contributed by atoms with Crippen LogP contribution in [0.3, 0.4) is 0 Å². The van der Waals surface area contributed by atoms with Gasteiger partial charge < -0.3 is 20.3 Å². The second-order valence-corrected chi connectivity index (χ2v) is 6.26. The van der Waals surface area contributed by atoms with Gasteiger partial charge in [0.25, 0.3) is 0 Å². The molecule has 102 valence electrons. The summed E-state index contributed by atoms with van der Waals surface area (Å²) in [7, 11) is 0. The van der Waals surface area contributed by atoms with Crippen LogP contribution >= 0.6 is 0 Å². The van der Waals surface area contributed by atoms with E-state index in [-0.39, 0.29) is 23.5 Å². The first kappa shape index (κ1) is 11.4. The van der Waals surface area contributed by atoms with Crippen molar-refractivity contribution in [3.8, 4) is 17.2 Å². The van der Waals surface area contributed by atoms with Crippen molar-refractivity contribution in [3.63, 3.8) is 0 Å². The molecule has 4 heteroatoms. The highest BCUT2D eigenvalue weighted by molar-refractivity contribution is 5.68. The van der Waals surface area contributed by atoms with Crippen molar-refractivity contribution < 1.29 is 14.6 Å². The van der Waals surface area contributed by atoms with Crippen LogP contribution in [0.5, 0.6) is 17.2 Å². The van der Waals surface area contributed by atoms with Crippen LogP contribution in [0.15, 0.2) is 0 Å². The van der Waals surface area contributed by atoms with Crippen LogP contribution in [0, 0.1) is 0 Å². The lowest BCUT2D eigenvalue weighted by Crippen LogP contribution is -2.22. The maximum Gasteiger partial charge on any atom is 0.165 e. The fourth-order valence-corrected chi connectivity index (χ4v) is 3.40. The van der Waals surface area contributed by atoms with Crippen molar-refractivity contribution in [1.82, 2.24) is 0 Å². The molecule has 3 N–H and O–H groups in total. The zero-order valence-electron chi connectivity index (χ0n) is 11.3. The van der Waals surface area contributed by atoms with Crippen LogP contribution in [0.2, 0.25) is 0 Å². The summed E-state index contributed by atoms with van der Waals surface area (Å²) in [6.07, 6.45) is 3.71. The van der Waals surface area contributed by atoms with E-state index in [9.17, 15) is 5.11 Å². The van der Waals surface area contributed by atoms with E-state index in [1.165, 1.54) is 0 Å². The molecule has 4 rings (SSSR count). The van der Waals surface area contributed by atoms with Crippen molar-refractivity contribution in [1.29, 1.82) is 0 Å². The van der Waals surface area contributed by atoms with Gasteiger partial charge in [-0.3, -0.25) is 0 Å². The number of phenols is 1. The molecule has 1 aromatic carbocycles. The normalized spacial score (nSPS) is 29.4. The largest absolute Gasteiger partial charge is 0.504 e. The average Bonchev–Trinajstić information content (AvgIpc) is 2.79. The van der Waals surface area contributed by atoms with Gasteiger partial charge in [0.15, 0.2) is 11.5 Å². The Balaban J connectivity index is 2.00. The van der Waals surface area contributed by atoms with E-state index >= 15 is 0 Å². The minimum Gasteiger partial charge on any atom is -0.504 e. The van der Waals surface area contributed by atoms with Crippen LogP contribution in [0.1, 0.15) is 43.4 Å². The summed E-state index contributed by atoms with van der Waals surface area (Å²) < 4.78 is 11.8. The molecule has 2 aliphatic heterocycles. The molecule has 1 fully saturated rings. The van der Waals surface area contributed by atoms with E-state index < -0.39 is 0 Å². The first-order valence-electron chi connectivity index (χ1n) is 7.03. The number of benzene rings is 1. The van der Waals surface area contributed by atoms with Crippen LogP contribution in [-0.2, 0) is 18.4 Å². The van der Waals surface area contributed by atoms with Gasteiger partial charge in [-0.15, -0.1) is 0 Å². The number of fused-ring (bicyclic) bond motifs is 2. The zero-order chi connectivity index (χ0) is 13.4. The minimum absolute atomic E-state index is 0.0990. The fraction of sp³-hybridized carbons (Fsp3) is 0.600. The highest BCUT2D eigenvalue weighted by Gasteiger charge is 2.49. The minimum atomic E-state index is -0.265. The molecule has 2 heterocycles. The summed E-state index contributed by atoms with van der Waals surface area (Å²) >= 11 is 0. The average molecular weight is 261 g/mol. The molecule has 0 spiro atoms. The van der Waals surface area contributed by atoms with Crippen LogP contribution < -0.4 is 15.2 Å². The molecule has 0 amide bonds. The van der Waals surface area contributed by atoms with E-state index in [2.05, 4.69) is 0 Å². The van der Waals surface area contributed by atoms with Gasteiger partial charge in [0.2, 0.25) is 0 Å². The molecule has 4 nitrogen and oxygen atoms in total. The van der Waals surface area contributed by atoms with Crippen molar-refractivity contribution >= 4 is 0 Å². The Morgan fingerprint density at radius 2 is 1.63 bits per heavy atom. The lowest BCUT2D eigenvalue weighted by Gasteiger charge is -2.19. The quantitative estimate of drug-likeness (QED) is 0.811. The first-order chi connectivity index (χ1) is 8.99. The van der Waals surface area contributed by atoms with Crippen LogP contribution in [-0.4, -0.2) is 17.3 Å². The standard InChI is InChI=1S/C15H19NO3/c1-7-5-9-11(15(16)3-4-15)13-10(6-8(2)18-13)12(17)14(9)19-7/h7-8,17H,3-6,16H2,1-2H3. The van der Waals surface area contributed by atoms with E-state index in [1.54, 1.807) is 0 Å². The topological polar surface area (TPSA) is 64.7 Å². The van der Waals surface area contributed by atoms with Gasteiger partial charge >= 0.3 is 0 Å². The number of aromatic hydroxyl groups is 1. The number of rotatable bonds is 1. The van der Waals surface area contributed by atoms with Crippen LogP contribution in [0.25, 0.3) is 0 Å². The van der Waals surface area contributed by atoms with Gasteiger partial charge in [0.05, 0.1) is 0 Å². The molecular weight excluding hydrogens is 242 g/mol. The molecule has 1 aliphatic carbocycles. The fourth-order valence-electron chi connectivity index (χ4n) is 3.40. The summed E-state index contributed by atoms with van der Waals surface area (Å²) in [5.41, 5.74) is 9.22. The van der Waals surface area contributed by atoms with Gasteiger partial charge in [-0.05, 0) is 26.7 Å². The number of phenolic OH excluding ortho intramolecular Hbond substituents is 1. The molecule has 0 saturated heterocycles. The van der Waals surface area contributed by atoms with Gasteiger partial charge in [0.1, 0.15) is 18.0 Å². The lowest BCUT2D eigenvalue weighted by molar-refractivity contribution is 0.244. The Hall–Kier alpha value is -1.42. The summed E-state index contributed by atoms with van der Waals surface area (Å²) in [5.74, 6) is 1.75. The summed E-state index contributed by atoms with van der Waals surface area (Å²) in [4.78, 5) is 0.